The molecular formula is C47H57ClN2O3S. The summed E-state index contributed by atoms with van der Waals surface area (Å²) in [6, 6.07) is 27.8. The second kappa shape index (κ2) is 17.7. The Hall–Kier alpha value is -3.16. The minimum absolute atomic E-state index is 0.00203. The summed E-state index contributed by atoms with van der Waals surface area (Å²) >= 11 is 8.24. The first-order valence-corrected chi connectivity index (χ1v) is 21.8. The number of halogens is 1. The first kappa shape index (κ1) is 39.1. The maximum atomic E-state index is 13.8. The minimum atomic E-state index is -0.909. The van der Waals surface area contributed by atoms with Gasteiger partial charge in [-0.05, 0) is 117 Å². The summed E-state index contributed by atoms with van der Waals surface area (Å²) in [5, 5.41) is 15.1. The molecule has 7 rings (SSSR count). The number of thioether (sulfide) groups is 1. The Morgan fingerprint density at radius 2 is 1.63 bits per heavy atom. The third kappa shape index (κ3) is 10.4. The zero-order chi connectivity index (χ0) is 37.5. The van der Waals surface area contributed by atoms with Crippen LogP contribution in [0.4, 0.5) is 0 Å². The van der Waals surface area contributed by atoms with E-state index in [1.165, 1.54) is 49.7 Å². The number of carbonyl (C=O) groups excluding carboxylic acids is 1. The fraction of sp³-hybridized carbons (Fsp3) is 0.489. The van der Waals surface area contributed by atoms with Gasteiger partial charge in [0.15, 0.2) is 0 Å². The van der Waals surface area contributed by atoms with Crippen molar-refractivity contribution in [3.05, 3.63) is 112 Å². The summed E-state index contributed by atoms with van der Waals surface area (Å²) in [5.74, 6) is 0.896. The number of carbonyl (C=O) groups is 1. The standard InChI is InChI=1S/C47H57ClN2O3S/c1-46(2,52)42-19-10-9-13-35(42)23-27-44(37-14-11-12-34(30-37)20-25-39-26-22-36-21-24-38(48)31-43(36)49-39)54-33-47(28-29-47)32-45(51)53-50(40-15-5-3-6-16-40)41-17-7-4-8-18-41/h9-14,19-22,24-26,30-31,40-41,44,52H,3-8,15-18,23,27-29,32-33H2,1-2H3. The third-order valence-electron chi connectivity index (χ3n) is 11.9. The molecular weight excluding hydrogens is 708 g/mol. The molecule has 1 atom stereocenters. The van der Waals surface area contributed by atoms with Gasteiger partial charge >= 0.3 is 5.97 Å². The Bertz CT molecular complexity index is 1890. The van der Waals surface area contributed by atoms with Crippen LogP contribution in [0.3, 0.4) is 0 Å². The summed E-state index contributed by atoms with van der Waals surface area (Å²) in [7, 11) is 0. The van der Waals surface area contributed by atoms with E-state index in [2.05, 4.69) is 59.7 Å². The van der Waals surface area contributed by atoms with Crippen LogP contribution in [0.25, 0.3) is 23.1 Å². The zero-order valence-corrected chi connectivity index (χ0v) is 33.7. The molecule has 1 unspecified atom stereocenters. The first-order valence-electron chi connectivity index (χ1n) is 20.4. The molecule has 1 heterocycles. The highest BCUT2D eigenvalue weighted by Crippen LogP contribution is 2.54. The van der Waals surface area contributed by atoms with Gasteiger partial charge in [-0.1, -0.05) is 117 Å². The van der Waals surface area contributed by atoms with E-state index in [0.717, 1.165) is 84.8 Å². The quantitative estimate of drug-likeness (QED) is 0.122. The van der Waals surface area contributed by atoms with E-state index in [-0.39, 0.29) is 16.6 Å². The number of pyridine rings is 1. The number of hydrogen-bond donors (Lipinski definition) is 1. The summed E-state index contributed by atoms with van der Waals surface area (Å²) in [4.78, 5) is 25.0. The highest BCUT2D eigenvalue weighted by molar-refractivity contribution is 7.99. The molecule has 3 saturated carbocycles. The molecule has 3 aliphatic carbocycles. The second-order valence-electron chi connectivity index (χ2n) is 16.7. The van der Waals surface area contributed by atoms with Gasteiger partial charge in [0, 0.05) is 33.5 Å². The van der Waals surface area contributed by atoms with Gasteiger partial charge in [0.05, 0.1) is 23.2 Å². The fourth-order valence-corrected chi connectivity index (χ4v) is 10.3. The van der Waals surface area contributed by atoms with Crippen LogP contribution in [-0.2, 0) is 21.7 Å². The van der Waals surface area contributed by atoms with Crippen LogP contribution >= 0.6 is 23.4 Å². The van der Waals surface area contributed by atoms with Crippen molar-refractivity contribution >= 4 is 52.4 Å². The van der Waals surface area contributed by atoms with Gasteiger partial charge in [-0.15, -0.1) is 5.06 Å². The van der Waals surface area contributed by atoms with Crippen LogP contribution in [0.1, 0.15) is 137 Å². The number of aliphatic hydroxyl groups is 1. The van der Waals surface area contributed by atoms with Gasteiger partial charge < -0.3 is 9.94 Å². The monoisotopic (exact) mass is 764 g/mol. The Morgan fingerprint density at radius 1 is 0.926 bits per heavy atom. The molecule has 3 aliphatic rings. The summed E-state index contributed by atoms with van der Waals surface area (Å²) in [5.41, 5.74) is 5.43. The van der Waals surface area contributed by atoms with Crippen LogP contribution in [0.2, 0.25) is 5.02 Å². The molecule has 0 bridgehead atoms. The maximum absolute atomic E-state index is 13.8. The number of aromatic nitrogens is 1. The van der Waals surface area contributed by atoms with Gasteiger partial charge in [0.25, 0.3) is 0 Å². The highest BCUT2D eigenvalue weighted by Gasteiger charge is 2.46. The molecule has 286 valence electrons. The average Bonchev–Trinajstić information content (AvgIpc) is 3.95. The molecule has 0 saturated heterocycles. The number of fused-ring (bicyclic) bond motifs is 1. The van der Waals surface area contributed by atoms with Crippen molar-refractivity contribution in [2.45, 2.75) is 133 Å². The summed E-state index contributed by atoms with van der Waals surface area (Å²) in [6.07, 6.45) is 20.7. The largest absolute Gasteiger partial charge is 0.386 e. The molecule has 54 heavy (non-hydrogen) atoms. The van der Waals surface area contributed by atoms with Crippen molar-refractivity contribution in [2.75, 3.05) is 5.75 Å². The molecule has 7 heteroatoms. The van der Waals surface area contributed by atoms with Crippen molar-refractivity contribution in [2.24, 2.45) is 5.41 Å². The van der Waals surface area contributed by atoms with E-state index < -0.39 is 5.60 Å². The molecule has 3 aromatic carbocycles. The van der Waals surface area contributed by atoms with E-state index >= 15 is 0 Å². The average molecular weight is 766 g/mol. The third-order valence-corrected chi connectivity index (χ3v) is 13.8. The van der Waals surface area contributed by atoms with E-state index in [4.69, 9.17) is 21.4 Å². The summed E-state index contributed by atoms with van der Waals surface area (Å²) < 4.78 is 0. The number of nitrogens with zero attached hydrogens (tertiary/aromatic N) is 2. The predicted molar refractivity (Wildman–Crippen MR) is 225 cm³/mol. The van der Waals surface area contributed by atoms with Gasteiger partial charge in [-0.2, -0.15) is 11.8 Å². The number of aryl methyl sites for hydroxylation is 1. The minimum Gasteiger partial charge on any atom is -0.386 e. The molecule has 3 fully saturated rings. The Kier molecular flexibility index (Phi) is 12.8. The van der Waals surface area contributed by atoms with Crippen molar-refractivity contribution in [3.8, 4) is 0 Å². The van der Waals surface area contributed by atoms with Crippen LogP contribution in [0, 0.1) is 5.41 Å². The molecule has 0 spiro atoms. The van der Waals surface area contributed by atoms with Crippen LogP contribution in [-0.4, -0.2) is 39.0 Å². The van der Waals surface area contributed by atoms with E-state index in [1.807, 2.05) is 62.0 Å². The van der Waals surface area contributed by atoms with Gasteiger partial charge in [0.1, 0.15) is 0 Å². The van der Waals surface area contributed by atoms with E-state index in [0.29, 0.717) is 23.5 Å². The predicted octanol–water partition coefficient (Wildman–Crippen LogP) is 12.3. The number of benzene rings is 3. The highest BCUT2D eigenvalue weighted by atomic mass is 35.5. The van der Waals surface area contributed by atoms with Crippen molar-refractivity contribution < 1.29 is 14.7 Å². The van der Waals surface area contributed by atoms with E-state index in [9.17, 15) is 9.90 Å². The first-order chi connectivity index (χ1) is 26.1. The Morgan fingerprint density at radius 3 is 2.33 bits per heavy atom. The molecule has 0 radical (unpaired) electrons. The lowest BCUT2D eigenvalue weighted by atomic mass is 9.90. The smallest absolute Gasteiger partial charge is 0.325 e. The number of hydroxylamine groups is 2. The second-order valence-corrected chi connectivity index (χ2v) is 18.3. The normalized spacial score (nSPS) is 18.7. The number of hydrogen-bond acceptors (Lipinski definition) is 6. The Labute approximate surface area is 331 Å². The van der Waals surface area contributed by atoms with Crippen LogP contribution in [0.5, 0.6) is 0 Å². The summed E-state index contributed by atoms with van der Waals surface area (Å²) in [6.45, 7) is 3.74. The maximum Gasteiger partial charge on any atom is 0.325 e. The molecule has 0 amide bonds. The van der Waals surface area contributed by atoms with Crippen molar-refractivity contribution in [1.82, 2.24) is 10.0 Å². The van der Waals surface area contributed by atoms with Gasteiger partial charge in [-0.3, -0.25) is 4.79 Å². The SMILES string of the molecule is CC(C)(O)c1ccccc1CCC(SCC1(CC(=O)ON(C2CCCCC2)C2CCCCC2)CC1)c1cccc(C=Cc2ccc3ccc(Cl)cc3n2)c1. The molecule has 1 aromatic heterocycles. The van der Waals surface area contributed by atoms with Crippen LogP contribution < -0.4 is 0 Å². The van der Waals surface area contributed by atoms with Crippen molar-refractivity contribution in [3.63, 3.8) is 0 Å². The molecule has 4 aromatic rings. The van der Waals surface area contributed by atoms with E-state index in [1.54, 1.807) is 0 Å². The lowest BCUT2D eigenvalue weighted by Gasteiger charge is -2.39. The fourth-order valence-electron chi connectivity index (χ4n) is 8.61. The van der Waals surface area contributed by atoms with Gasteiger partial charge in [-0.25, -0.2) is 4.98 Å². The Balaban J connectivity index is 1.06. The molecule has 1 N–H and O–H groups in total. The number of rotatable bonds is 15. The van der Waals surface area contributed by atoms with Gasteiger partial charge in [0.2, 0.25) is 0 Å². The lowest BCUT2D eigenvalue weighted by molar-refractivity contribution is -0.224. The van der Waals surface area contributed by atoms with Crippen molar-refractivity contribution in [1.29, 1.82) is 0 Å². The molecule has 5 nitrogen and oxygen atoms in total. The van der Waals surface area contributed by atoms with Crippen LogP contribution in [0.15, 0.2) is 78.9 Å². The topological polar surface area (TPSA) is 62.7 Å². The lowest BCUT2D eigenvalue weighted by Crippen LogP contribution is -2.46. The molecule has 0 aliphatic heterocycles. The zero-order valence-electron chi connectivity index (χ0n) is 32.2.